The molecule has 2 heterocycles. The summed E-state index contributed by atoms with van der Waals surface area (Å²) in [4.78, 5) is 24.8. The number of hydrogen-bond acceptors (Lipinski definition) is 6. The van der Waals surface area contributed by atoms with Crippen molar-refractivity contribution >= 4 is 39.1 Å². The Bertz CT molecular complexity index is 998. The maximum atomic E-state index is 12.9. The lowest BCUT2D eigenvalue weighted by atomic mass is 10.3. The lowest BCUT2D eigenvalue weighted by molar-refractivity contribution is -0.121. The van der Waals surface area contributed by atoms with Gasteiger partial charge in [0.05, 0.1) is 22.4 Å². The van der Waals surface area contributed by atoms with Crippen LogP contribution in [0.15, 0.2) is 44.5 Å². The van der Waals surface area contributed by atoms with E-state index in [0.717, 1.165) is 10.7 Å². The first kappa shape index (κ1) is 20.5. The molecule has 2 amide bonds. The fourth-order valence-corrected chi connectivity index (χ4v) is 5.13. The molecule has 7 nitrogen and oxygen atoms in total. The van der Waals surface area contributed by atoms with Crippen LogP contribution in [0.3, 0.4) is 0 Å². The minimum Gasteiger partial charge on any atom is -0.465 e. The number of nitrogens with one attached hydrogen (secondary N) is 2. The van der Waals surface area contributed by atoms with Crippen LogP contribution in [0.4, 0.5) is 5.69 Å². The number of amides is 2. The molecule has 0 radical (unpaired) electrons. The Balaban J connectivity index is 1.67. The third-order valence-electron chi connectivity index (χ3n) is 4.40. The zero-order valence-corrected chi connectivity index (χ0v) is 17.3. The van der Waals surface area contributed by atoms with Crippen molar-refractivity contribution in [1.82, 2.24) is 5.32 Å². The summed E-state index contributed by atoms with van der Waals surface area (Å²) in [5.74, 6) is 1.50. The van der Waals surface area contributed by atoms with Gasteiger partial charge in [-0.3, -0.25) is 9.59 Å². The van der Waals surface area contributed by atoms with Gasteiger partial charge in [0.2, 0.25) is 11.8 Å². The van der Waals surface area contributed by atoms with Crippen LogP contribution in [0.1, 0.15) is 31.3 Å². The van der Waals surface area contributed by atoms with E-state index in [1.54, 1.807) is 25.1 Å². The van der Waals surface area contributed by atoms with E-state index >= 15 is 0 Å². The van der Waals surface area contributed by atoms with Gasteiger partial charge < -0.3 is 15.1 Å². The second-order valence-electron chi connectivity index (χ2n) is 6.65. The number of fused-ring (bicyclic) bond motifs is 1. The second kappa shape index (κ2) is 8.40. The Kier molecular flexibility index (Phi) is 6.14. The van der Waals surface area contributed by atoms with E-state index in [2.05, 4.69) is 10.6 Å². The van der Waals surface area contributed by atoms with Gasteiger partial charge >= 0.3 is 0 Å². The van der Waals surface area contributed by atoms with Gasteiger partial charge in [0.1, 0.15) is 11.5 Å². The van der Waals surface area contributed by atoms with Gasteiger partial charge in [-0.1, -0.05) is 0 Å². The molecule has 1 aromatic heterocycles. The maximum Gasteiger partial charge on any atom is 0.225 e. The fourth-order valence-electron chi connectivity index (χ4n) is 2.82. The summed E-state index contributed by atoms with van der Waals surface area (Å²) in [7, 11) is -3.72. The van der Waals surface area contributed by atoms with Crippen LogP contribution in [-0.4, -0.2) is 31.2 Å². The average Bonchev–Trinajstić information content (AvgIpc) is 2.96. The van der Waals surface area contributed by atoms with Crippen molar-refractivity contribution in [3.8, 4) is 0 Å². The molecule has 0 saturated carbocycles. The molecule has 1 aliphatic heterocycles. The van der Waals surface area contributed by atoms with Crippen molar-refractivity contribution in [3.63, 3.8) is 0 Å². The van der Waals surface area contributed by atoms with Crippen molar-refractivity contribution in [2.75, 3.05) is 11.1 Å². The zero-order chi connectivity index (χ0) is 20.3. The molecule has 0 saturated heterocycles. The Morgan fingerprint density at radius 1 is 1.32 bits per heavy atom. The van der Waals surface area contributed by atoms with Gasteiger partial charge in [0.15, 0.2) is 9.84 Å². The van der Waals surface area contributed by atoms with Crippen molar-refractivity contribution in [2.24, 2.45) is 0 Å². The number of hydrogen-bond donors (Lipinski definition) is 2. The third-order valence-corrected chi connectivity index (χ3v) is 7.61. The molecule has 0 spiro atoms. The standard InChI is InChI=1S/C19H22N2O5S2/c1-12-3-4-14(26-12)11-20-19(23)9-13(2)28(24,25)15-5-6-17-16(10-15)21-18(22)7-8-27-17/h3-6,10,13H,7-9,11H2,1-2H3,(H,20,23)(H,21,22)/t13-/m1/s1. The number of rotatable bonds is 6. The second-order valence-corrected chi connectivity index (χ2v) is 10.2. The van der Waals surface area contributed by atoms with Crippen LogP contribution in [0.5, 0.6) is 0 Å². The predicted octanol–water partition coefficient (Wildman–Crippen LogP) is 2.89. The molecule has 0 aliphatic carbocycles. The molecular formula is C19H22N2O5S2. The molecule has 9 heteroatoms. The van der Waals surface area contributed by atoms with E-state index in [4.69, 9.17) is 4.42 Å². The molecule has 0 fully saturated rings. The molecule has 0 bridgehead atoms. The molecule has 150 valence electrons. The van der Waals surface area contributed by atoms with Gasteiger partial charge in [-0.2, -0.15) is 0 Å². The van der Waals surface area contributed by atoms with Gasteiger partial charge in [0, 0.05) is 23.5 Å². The summed E-state index contributed by atoms with van der Waals surface area (Å²) < 4.78 is 31.1. The number of sulfone groups is 1. The number of carbonyl (C=O) groups excluding carboxylic acids is 2. The van der Waals surface area contributed by atoms with Gasteiger partial charge in [-0.05, 0) is 44.2 Å². The van der Waals surface area contributed by atoms with E-state index in [9.17, 15) is 18.0 Å². The van der Waals surface area contributed by atoms with Crippen molar-refractivity contribution in [2.45, 2.75) is 48.3 Å². The zero-order valence-electron chi connectivity index (χ0n) is 15.7. The van der Waals surface area contributed by atoms with Gasteiger partial charge in [0.25, 0.3) is 0 Å². The number of furan rings is 1. The molecule has 1 aromatic carbocycles. The average molecular weight is 423 g/mol. The number of carbonyl (C=O) groups is 2. The highest BCUT2D eigenvalue weighted by Gasteiger charge is 2.27. The highest BCUT2D eigenvalue weighted by molar-refractivity contribution is 7.99. The predicted molar refractivity (Wildman–Crippen MR) is 107 cm³/mol. The molecular weight excluding hydrogens is 400 g/mol. The Morgan fingerprint density at radius 2 is 2.11 bits per heavy atom. The van der Waals surface area contributed by atoms with Crippen LogP contribution >= 0.6 is 11.8 Å². The number of aryl methyl sites for hydroxylation is 1. The Morgan fingerprint density at radius 3 is 2.82 bits per heavy atom. The van der Waals surface area contributed by atoms with Crippen molar-refractivity contribution in [3.05, 3.63) is 41.9 Å². The van der Waals surface area contributed by atoms with Crippen molar-refractivity contribution in [1.29, 1.82) is 0 Å². The smallest absolute Gasteiger partial charge is 0.225 e. The number of anilines is 1. The number of thioether (sulfide) groups is 1. The summed E-state index contributed by atoms with van der Waals surface area (Å²) in [5, 5.41) is 4.51. The van der Waals surface area contributed by atoms with E-state index in [1.807, 2.05) is 0 Å². The Labute approximate surface area is 168 Å². The first-order chi connectivity index (χ1) is 13.3. The summed E-state index contributed by atoms with van der Waals surface area (Å²) in [5.41, 5.74) is 0.499. The quantitative estimate of drug-likeness (QED) is 0.742. The van der Waals surface area contributed by atoms with Crippen molar-refractivity contribution < 1.29 is 22.4 Å². The van der Waals surface area contributed by atoms with Gasteiger partial charge in [-0.25, -0.2) is 8.42 Å². The summed E-state index contributed by atoms with van der Waals surface area (Å²) >= 11 is 1.51. The minimum atomic E-state index is -3.72. The Hall–Kier alpha value is -2.26. The lowest BCUT2D eigenvalue weighted by Gasteiger charge is -2.15. The molecule has 28 heavy (non-hydrogen) atoms. The molecule has 0 unspecified atom stereocenters. The molecule has 3 rings (SSSR count). The normalized spacial score (nSPS) is 15.3. The van der Waals surface area contributed by atoms with E-state index < -0.39 is 15.1 Å². The third kappa shape index (κ3) is 4.77. The molecule has 1 aliphatic rings. The maximum absolute atomic E-state index is 12.9. The highest BCUT2D eigenvalue weighted by Crippen LogP contribution is 2.33. The molecule has 2 aromatic rings. The summed E-state index contributed by atoms with van der Waals surface area (Å²) in [6, 6.07) is 8.26. The SMILES string of the molecule is Cc1ccc(CNC(=O)C[C@@H](C)S(=O)(=O)c2ccc3c(c2)NC(=O)CCS3)o1. The minimum absolute atomic E-state index is 0.0935. The molecule has 2 N–H and O–H groups in total. The summed E-state index contributed by atoms with van der Waals surface area (Å²) in [6.45, 7) is 3.52. The first-order valence-electron chi connectivity index (χ1n) is 8.88. The van der Waals surface area contributed by atoms with Crippen LogP contribution in [-0.2, 0) is 26.0 Å². The fraction of sp³-hybridized carbons (Fsp3) is 0.368. The van der Waals surface area contributed by atoms with Crippen LogP contribution in [0, 0.1) is 6.92 Å². The van der Waals surface area contributed by atoms with Gasteiger partial charge in [-0.15, -0.1) is 11.8 Å². The lowest BCUT2D eigenvalue weighted by Crippen LogP contribution is -2.29. The molecule has 1 atom stereocenters. The summed E-state index contributed by atoms with van der Waals surface area (Å²) in [6.07, 6.45) is 0.216. The van der Waals surface area contributed by atoms with E-state index in [1.165, 1.54) is 30.8 Å². The first-order valence-corrected chi connectivity index (χ1v) is 11.4. The number of benzene rings is 1. The van der Waals surface area contributed by atoms with Crippen LogP contribution < -0.4 is 10.6 Å². The monoisotopic (exact) mass is 422 g/mol. The highest BCUT2D eigenvalue weighted by atomic mass is 32.2. The topological polar surface area (TPSA) is 105 Å². The van der Waals surface area contributed by atoms with Crippen LogP contribution in [0.25, 0.3) is 0 Å². The van der Waals surface area contributed by atoms with E-state index in [0.29, 0.717) is 23.6 Å². The van der Waals surface area contributed by atoms with E-state index in [-0.39, 0.29) is 29.7 Å². The largest absolute Gasteiger partial charge is 0.465 e. The van der Waals surface area contributed by atoms with Crippen LogP contribution in [0.2, 0.25) is 0 Å².